The lowest BCUT2D eigenvalue weighted by molar-refractivity contribution is -0.145. The minimum Gasteiger partial charge on any atom is -0.464 e. The summed E-state index contributed by atoms with van der Waals surface area (Å²) >= 11 is 1.73. The quantitative estimate of drug-likeness (QED) is 0.381. The molecule has 0 atom stereocenters. The van der Waals surface area contributed by atoms with Gasteiger partial charge in [0.15, 0.2) is 0 Å². The molecule has 2 nitrogen and oxygen atoms in total. The van der Waals surface area contributed by atoms with Gasteiger partial charge in [-0.25, -0.2) is 8.78 Å². The fourth-order valence-electron chi connectivity index (χ4n) is 1.75. The van der Waals surface area contributed by atoms with E-state index >= 15 is 0 Å². The van der Waals surface area contributed by atoms with Crippen LogP contribution in [0, 0.1) is 5.92 Å². The predicted octanol–water partition coefficient (Wildman–Crippen LogP) is 5.30. The van der Waals surface area contributed by atoms with Crippen LogP contribution < -0.4 is 0 Å². The lowest BCUT2D eigenvalue weighted by Gasteiger charge is -2.24. The highest BCUT2D eigenvalue weighted by Crippen LogP contribution is 2.27. The molecule has 0 spiro atoms. The molecule has 0 fully saturated rings. The van der Waals surface area contributed by atoms with E-state index in [0.717, 1.165) is 25.5 Å². The van der Waals surface area contributed by atoms with Gasteiger partial charge in [0.05, 0.1) is 0 Å². The molecule has 0 saturated carbocycles. The van der Waals surface area contributed by atoms with Crippen LogP contribution in [0.2, 0.25) is 0 Å². The topological polar surface area (TPSA) is 26.3 Å². The van der Waals surface area contributed by atoms with E-state index in [9.17, 15) is 13.6 Å². The van der Waals surface area contributed by atoms with Crippen LogP contribution >= 0.6 is 11.8 Å². The third-order valence-corrected chi connectivity index (χ3v) is 4.30. The van der Waals surface area contributed by atoms with Crippen molar-refractivity contribution in [3.05, 3.63) is 0 Å². The second-order valence-electron chi connectivity index (χ2n) is 6.75. The highest BCUT2D eigenvalue weighted by Gasteiger charge is 2.22. The third kappa shape index (κ3) is 14.4. The number of rotatable bonds is 11. The summed E-state index contributed by atoms with van der Waals surface area (Å²) in [5, 5.41) is 0. The van der Waals surface area contributed by atoms with Crippen molar-refractivity contribution in [3.8, 4) is 0 Å². The van der Waals surface area contributed by atoms with Gasteiger partial charge in [-0.05, 0) is 45.3 Å². The first-order valence-corrected chi connectivity index (χ1v) is 8.68. The number of ether oxygens (including phenoxy) is 1. The van der Waals surface area contributed by atoms with Crippen molar-refractivity contribution in [1.29, 1.82) is 0 Å². The van der Waals surface area contributed by atoms with E-state index in [2.05, 4.69) is 0 Å². The predicted molar refractivity (Wildman–Crippen MR) is 86.0 cm³/mol. The molecule has 0 saturated heterocycles. The van der Waals surface area contributed by atoms with E-state index in [0.29, 0.717) is 25.4 Å². The van der Waals surface area contributed by atoms with Crippen molar-refractivity contribution in [1.82, 2.24) is 0 Å². The fraction of sp³-hybridized carbons (Fsp3) is 0.938. The van der Waals surface area contributed by atoms with E-state index in [4.69, 9.17) is 4.74 Å². The van der Waals surface area contributed by atoms with Crippen LogP contribution in [0.15, 0.2) is 0 Å². The fourth-order valence-corrected chi connectivity index (χ4v) is 2.79. The Morgan fingerprint density at radius 1 is 1.14 bits per heavy atom. The Morgan fingerprint density at radius 3 is 2.29 bits per heavy atom. The first kappa shape index (κ1) is 20.7. The van der Waals surface area contributed by atoms with Gasteiger partial charge in [-0.2, -0.15) is 11.8 Å². The molecule has 0 unspecified atom stereocenters. The maximum atomic E-state index is 12.6. The van der Waals surface area contributed by atoms with Crippen LogP contribution in [0.4, 0.5) is 8.78 Å². The summed E-state index contributed by atoms with van der Waals surface area (Å²) in [4.78, 5) is 11.5. The molecule has 0 bridgehead atoms. The van der Waals surface area contributed by atoms with Crippen LogP contribution in [-0.2, 0) is 9.53 Å². The zero-order valence-electron chi connectivity index (χ0n) is 14.0. The third-order valence-electron chi connectivity index (χ3n) is 2.91. The summed E-state index contributed by atoms with van der Waals surface area (Å²) in [6, 6.07) is 0. The molecule has 0 aliphatic heterocycles. The Bertz CT molecular complexity index is 299. The number of alkyl halides is 2. The van der Waals surface area contributed by atoms with Gasteiger partial charge in [-0.15, -0.1) is 0 Å². The molecule has 0 radical (unpaired) electrons. The largest absolute Gasteiger partial charge is 0.464 e. The number of unbranched alkanes of at least 4 members (excludes halogenated alkanes) is 2. The highest BCUT2D eigenvalue weighted by atomic mass is 32.2. The first-order chi connectivity index (χ1) is 9.52. The maximum absolute atomic E-state index is 12.6. The summed E-state index contributed by atoms with van der Waals surface area (Å²) < 4.78 is 30.4. The van der Waals surface area contributed by atoms with Gasteiger partial charge >= 0.3 is 5.97 Å². The molecular formula is C16H30F2O2S. The normalized spacial score (nSPS) is 12.8. The second kappa shape index (κ2) is 9.65. The van der Waals surface area contributed by atoms with E-state index in [1.807, 2.05) is 27.7 Å². The zero-order chi connectivity index (χ0) is 16.5. The monoisotopic (exact) mass is 324 g/mol. The molecule has 0 N–H and O–H groups in total. The minimum absolute atomic E-state index is 0.0339. The smallest absolute Gasteiger partial charge is 0.306 e. The van der Waals surface area contributed by atoms with Gasteiger partial charge in [0.1, 0.15) is 6.61 Å². The second-order valence-corrected chi connectivity index (χ2v) is 8.55. The van der Waals surface area contributed by atoms with Crippen molar-refractivity contribution in [2.45, 2.75) is 77.4 Å². The standard InChI is InChI=1S/C16H30F2O2S/c1-13(2)11-14(19)20-12-15(3,4)21-10-8-6-7-9-16(5,17)18/h13H,6-12H2,1-5H3. The van der Waals surface area contributed by atoms with Crippen LogP contribution in [-0.4, -0.2) is 29.0 Å². The van der Waals surface area contributed by atoms with E-state index in [1.54, 1.807) is 11.8 Å². The lowest BCUT2D eigenvalue weighted by Crippen LogP contribution is -2.26. The molecular weight excluding hydrogens is 294 g/mol. The van der Waals surface area contributed by atoms with E-state index < -0.39 is 5.92 Å². The Hall–Kier alpha value is -0.320. The van der Waals surface area contributed by atoms with E-state index in [1.165, 1.54) is 0 Å². The van der Waals surface area contributed by atoms with Gasteiger partial charge in [-0.1, -0.05) is 20.3 Å². The van der Waals surface area contributed by atoms with Gasteiger partial charge in [-0.3, -0.25) is 4.79 Å². The summed E-state index contributed by atoms with van der Waals surface area (Å²) in [5.74, 6) is -1.48. The summed E-state index contributed by atoms with van der Waals surface area (Å²) in [6.45, 7) is 9.43. The number of hydrogen-bond acceptors (Lipinski definition) is 3. The van der Waals surface area contributed by atoms with Crippen LogP contribution in [0.3, 0.4) is 0 Å². The summed E-state index contributed by atoms with van der Waals surface area (Å²) in [6.07, 6.45) is 2.72. The molecule has 21 heavy (non-hydrogen) atoms. The molecule has 0 aromatic rings. The average Bonchev–Trinajstić information content (AvgIpc) is 2.29. The number of carbonyl (C=O) groups excluding carboxylic acids is 1. The van der Waals surface area contributed by atoms with Crippen molar-refractivity contribution in [2.75, 3.05) is 12.4 Å². The van der Waals surface area contributed by atoms with Crippen molar-refractivity contribution in [2.24, 2.45) is 5.92 Å². The number of hydrogen-bond donors (Lipinski definition) is 0. The molecule has 0 aromatic carbocycles. The number of esters is 1. The molecule has 0 heterocycles. The summed E-state index contributed by atoms with van der Waals surface area (Å²) in [5.41, 5.74) is 0. The van der Waals surface area contributed by atoms with Gasteiger partial charge < -0.3 is 4.74 Å². The molecule has 0 amide bonds. The maximum Gasteiger partial charge on any atom is 0.306 e. The number of carbonyl (C=O) groups is 1. The van der Waals surface area contributed by atoms with Crippen molar-refractivity contribution >= 4 is 17.7 Å². The molecule has 0 rings (SSSR count). The Labute approximate surface area is 132 Å². The molecule has 0 aromatic heterocycles. The number of thioether (sulfide) groups is 1. The van der Waals surface area contributed by atoms with E-state index in [-0.39, 0.29) is 17.1 Å². The lowest BCUT2D eigenvalue weighted by atomic mass is 10.1. The van der Waals surface area contributed by atoms with Crippen molar-refractivity contribution < 1.29 is 18.3 Å². The van der Waals surface area contributed by atoms with Gasteiger partial charge in [0.25, 0.3) is 0 Å². The Kier molecular flexibility index (Phi) is 9.50. The average molecular weight is 324 g/mol. The molecule has 0 aliphatic carbocycles. The van der Waals surface area contributed by atoms with Crippen LogP contribution in [0.1, 0.15) is 66.7 Å². The number of halogens is 2. The van der Waals surface area contributed by atoms with Gasteiger partial charge in [0.2, 0.25) is 5.92 Å². The Balaban J connectivity index is 3.71. The van der Waals surface area contributed by atoms with Crippen LogP contribution in [0.25, 0.3) is 0 Å². The minimum atomic E-state index is -2.54. The van der Waals surface area contributed by atoms with Crippen LogP contribution in [0.5, 0.6) is 0 Å². The van der Waals surface area contributed by atoms with Gasteiger partial charge in [0, 0.05) is 17.6 Å². The molecule has 126 valence electrons. The highest BCUT2D eigenvalue weighted by molar-refractivity contribution is 8.00. The Morgan fingerprint density at radius 2 is 1.76 bits per heavy atom. The summed E-state index contributed by atoms with van der Waals surface area (Å²) in [7, 11) is 0. The van der Waals surface area contributed by atoms with Crippen molar-refractivity contribution in [3.63, 3.8) is 0 Å². The first-order valence-electron chi connectivity index (χ1n) is 7.69. The molecule has 5 heteroatoms. The SMILES string of the molecule is CC(C)CC(=O)OCC(C)(C)SCCCCCC(C)(F)F. The zero-order valence-corrected chi connectivity index (χ0v) is 14.8. The molecule has 0 aliphatic rings.